The van der Waals surface area contributed by atoms with Gasteiger partial charge in [-0.2, -0.15) is 15.3 Å². The molecule has 3 N–H and O–H groups in total. The maximum atomic E-state index is 14.9. The fourth-order valence-corrected chi connectivity index (χ4v) is 4.53. The molecule has 5 aromatic rings. The largest absolute Gasteiger partial charge is 0.357 e. The van der Waals surface area contributed by atoms with Crippen LogP contribution in [0.2, 0.25) is 0 Å². The smallest absolute Gasteiger partial charge is 0.324 e. The van der Waals surface area contributed by atoms with Crippen LogP contribution in [0, 0.1) is 17.1 Å². The first-order valence-electron chi connectivity index (χ1n) is 13.5. The molecule has 0 radical (unpaired) electrons. The minimum atomic E-state index is -0.722. The lowest BCUT2D eigenvalue weighted by molar-refractivity contribution is 0.262. The summed E-state index contributed by atoms with van der Waals surface area (Å²) in [6.07, 6.45) is 3.09. The molecule has 13 heteroatoms. The van der Waals surface area contributed by atoms with E-state index in [1.54, 1.807) is 42.1 Å². The summed E-state index contributed by atoms with van der Waals surface area (Å²) in [7, 11) is 1.69. The van der Waals surface area contributed by atoms with Gasteiger partial charge >= 0.3 is 6.03 Å². The van der Waals surface area contributed by atoms with Gasteiger partial charge in [0.25, 0.3) is 5.56 Å². The number of hydrogen-bond donors (Lipinski definition) is 3. The summed E-state index contributed by atoms with van der Waals surface area (Å²) < 4.78 is 18.0. The summed E-state index contributed by atoms with van der Waals surface area (Å²) in [4.78, 5) is 39.5. The number of urea groups is 1. The van der Waals surface area contributed by atoms with Crippen molar-refractivity contribution in [1.29, 1.82) is 5.26 Å². The number of fused-ring (bicyclic) bond motifs is 1. The first-order valence-corrected chi connectivity index (χ1v) is 13.5. The highest BCUT2D eigenvalue weighted by Gasteiger charge is 2.19. The van der Waals surface area contributed by atoms with Crippen molar-refractivity contribution in [1.82, 2.24) is 29.3 Å². The van der Waals surface area contributed by atoms with Crippen molar-refractivity contribution in [3.8, 4) is 22.9 Å². The van der Waals surface area contributed by atoms with Crippen molar-refractivity contribution in [2.45, 2.75) is 39.7 Å². The first kappa shape index (κ1) is 28.9. The summed E-state index contributed by atoms with van der Waals surface area (Å²) in [5, 5.41) is 22.4. The number of anilines is 3. The number of nitrogens with one attached hydrogen (secondary N) is 3. The number of carbonyl (C=O) groups excluding carboxylic acids is 1. The number of aromatic nitrogens is 6. The van der Waals surface area contributed by atoms with Gasteiger partial charge in [-0.15, -0.1) is 0 Å². The molecule has 0 bridgehead atoms. The Morgan fingerprint density at radius 1 is 1.02 bits per heavy atom. The number of hydrogen-bond acceptors (Lipinski definition) is 8. The molecule has 2 amide bonds. The SMILES string of the molecule is CNc1ncc2cc(-c3ccc(F)c(NC(=O)Nc4cc(C(C)C)nn4-c4ccc(C#N)nc4)c3)c(=O)n(C(C)C)c2n1. The molecule has 12 nitrogen and oxygen atoms in total. The third-order valence-corrected chi connectivity index (χ3v) is 6.71. The molecule has 0 spiro atoms. The summed E-state index contributed by atoms with van der Waals surface area (Å²) in [5.41, 5.74) is 2.22. The maximum Gasteiger partial charge on any atom is 0.324 e. The van der Waals surface area contributed by atoms with E-state index >= 15 is 0 Å². The van der Waals surface area contributed by atoms with Crippen molar-refractivity contribution in [3.05, 3.63) is 82.4 Å². The molecule has 0 aliphatic carbocycles. The van der Waals surface area contributed by atoms with Crippen LogP contribution >= 0.6 is 0 Å². The first-order chi connectivity index (χ1) is 20.6. The Balaban J connectivity index is 1.48. The van der Waals surface area contributed by atoms with Gasteiger partial charge in [0.1, 0.15) is 29.0 Å². The van der Waals surface area contributed by atoms with Crippen molar-refractivity contribution < 1.29 is 9.18 Å². The molecule has 0 fully saturated rings. The monoisotopic (exact) mass is 580 g/mol. The second-order valence-corrected chi connectivity index (χ2v) is 10.4. The van der Waals surface area contributed by atoms with Gasteiger partial charge in [0, 0.05) is 36.3 Å². The number of amides is 2. The van der Waals surface area contributed by atoms with Crippen molar-refractivity contribution >= 4 is 34.5 Å². The molecule has 43 heavy (non-hydrogen) atoms. The van der Waals surface area contributed by atoms with Crippen molar-refractivity contribution in [2.24, 2.45) is 0 Å². The van der Waals surface area contributed by atoms with Gasteiger partial charge in [-0.25, -0.2) is 23.8 Å². The average molecular weight is 581 g/mol. The van der Waals surface area contributed by atoms with E-state index in [1.165, 1.54) is 29.1 Å². The van der Waals surface area contributed by atoms with Gasteiger partial charge in [-0.05, 0) is 55.7 Å². The molecule has 0 unspecified atom stereocenters. The molecule has 218 valence electrons. The Morgan fingerprint density at radius 3 is 2.47 bits per heavy atom. The normalized spacial score (nSPS) is 11.1. The molecule has 0 aliphatic rings. The van der Waals surface area contributed by atoms with Crippen LogP contribution in [-0.2, 0) is 0 Å². The number of pyridine rings is 2. The van der Waals surface area contributed by atoms with Crippen LogP contribution in [0.1, 0.15) is 51.0 Å². The Morgan fingerprint density at radius 2 is 1.81 bits per heavy atom. The van der Waals surface area contributed by atoms with E-state index in [1.807, 2.05) is 33.8 Å². The minimum Gasteiger partial charge on any atom is -0.357 e. The highest BCUT2D eigenvalue weighted by molar-refractivity contribution is 6.00. The Kier molecular flexibility index (Phi) is 7.85. The lowest BCUT2D eigenvalue weighted by Gasteiger charge is -2.16. The molecular weight excluding hydrogens is 551 g/mol. The van der Waals surface area contributed by atoms with Gasteiger partial charge in [-0.3, -0.25) is 14.7 Å². The van der Waals surface area contributed by atoms with E-state index < -0.39 is 11.8 Å². The van der Waals surface area contributed by atoms with E-state index in [2.05, 4.69) is 36.0 Å². The molecule has 5 rings (SSSR count). The van der Waals surface area contributed by atoms with Crippen LogP contribution in [0.5, 0.6) is 0 Å². The zero-order chi connectivity index (χ0) is 30.8. The fraction of sp³-hybridized carbons (Fsp3) is 0.233. The number of rotatable bonds is 7. The molecule has 0 saturated heterocycles. The third-order valence-electron chi connectivity index (χ3n) is 6.71. The topological polar surface area (TPSA) is 155 Å². The Bertz CT molecular complexity index is 1940. The second kappa shape index (κ2) is 11.7. The fourth-order valence-electron chi connectivity index (χ4n) is 4.53. The van der Waals surface area contributed by atoms with Crippen molar-refractivity contribution in [2.75, 3.05) is 23.0 Å². The summed E-state index contributed by atoms with van der Waals surface area (Å²) >= 11 is 0. The highest BCUT2D eigenvalue weighted by atomic mass is 19.1. The number of carbonyl (C=O) groups is 1. The van der Waals surface area contributed by atoms with Gasteiger partial charge < -0.3 is 10.6 Å². The predicted molar refractivity (Wildman–Crippen MR) is 162 cm³/mol. The Labute approximate surface area is 246 Å². The molecular formula is C30H29FN10O2. The molecule has 4 aromatic heterocycles. The van der Waals surface area contributed by atoms with Crippen molar-refractivity contribution in [3.63, 3.8) is 0 Å². The minimum absolute atomic E-state index is 0.0531. The van der Waals surface area contributed by atoms with Crippen LogP contribution in [0.25, 0.3) is 27.8 Å². The standard InChI is InChI=1S/C30H29FN10O2/c1-16(2)24-12-26(41(39-24)21-8-7-20(13-32)34-15-21)37-30(43)36-25-11-18(6-9-23(25)31)22-10-19-14-35-29(33-5)38-27(19)40(17(3)4)28(22)42/h6-12,14-17H,1-5H3,(H,33,35,38)(H2,36,37,43). The molecule has 4 heterocycles. The van der Waals surface area contributed by atoms with Crippen LogP contribution in [0.15, 0.2) is 59.7 Å². The lowest BCUT2D eigenvalue weighted by Crippen LogP contribution is -2.25. The average Bonchev–Trinajstić information content (AvgIpc) is 3.41. The molecule has 0 aliphatic heterocycles. The van der Waals surface area contributed by atoms with Crippen LogP contribution in [-0.4, -0.2) is 42.4 Å². The van der Waals surface area contributed by atoms with Crippen LogP contribution in [0.3, 0.4) is 0 Å². The van der Waals surface area contributed by atoms with Gasteiger partial charge in [0.15, 0.2) is 0 Å². The molecule has 1 aromatic carbocycles. The summed E-state index contributed by atoms with van der Waals surface area (Å²) in [6.45, 7) is 7.66. The lowest BCUT2D eigenvalue weighted by atomic mass is 10.0. The number of nitriles is 1. The van der Waals surface area contributed by atoms with Crippen LogP contribution < -0.4 is 21.5 Å². The van der Waals surface area contributed by atoms with E-state index in [9.17, 15) is 14.0 Å². The molecule has 0 saturated carbocycles. The third kappa shape index (κ3) is 5.76. The van der Waals surface area contributed by atoms with Crippen LogP contribution in [0.4, 0.5) is 26.6 Å². The summed E-state index contributed by atoms with van der Waals surface area (Å²) in [6, 6.07) is 11.7. The predicted octanol–water partition coefficient (Wildman–Crippen LogP) is 5.44. The number of halogens is 1. The summed E-state index contributed by atoms with van der Waals surface area (Å²) in [5.74, 6) is 0.0705. The zero-order valence-corrected chi connectivity index (χ0v) is 24.2. The zero-order valence-electron chi connectivity index (χ0n) is 24.2. The second-order valence-electron chi connectivity index (χ2n) is 10.4. The van der Waals surface area contributed by atoms with Gasteiger partial charge in [0.2, 0.25) is 5.95 Å². The number of nitrogens with zero attached hydrogens (tertiary/aromatic N) is 7. The number of benzene rings is 1. The van der Waals surface area contributed by atoms with E-state index in [0.29, 0.717) is 45.3 Å². The quantitative estimate of drug-likeness (QED) is 0.230. The van der Waals surface area contributed by atoms with Gasteiger partial charge in [-0.1, -0.05) is 19.9 Å². The van der Waals surface area contributed by atoms with E-state index in [-0.39, 0.29) is 28.9 Å². The Hall–Kier alpha value is -5.64. The highest BCUT2D eigenvalue weighted by Crippen LogP contribution is 2.27. The maximum absolute atomic E-state index is 14.9. The van der Waals surface area contributed by atoms with Gasteiger partial charge in [0.05, 0.1) is 23.3 Å². The van der Waals surface area contributed by atoms with E-state index in [0.717, 1.165) is 0 Å². The molecule has 0 atom stereocenters. The van der Waals surface area contributed by atoms with E-state index in [4.69, 9.17) is 5.26 Å².